The van der Waals surface area contributed by atoms with Gasteiger partial charge in [0.1, 0.15) is 12.0 Å². The van der Waals surface area contributed by atoms with Gasteiger partial charge >= 0.3 is 11.9 Å². The number of ether oxygens (including phenoxy) is 2. The molecule has 0 saturated heterocycles. The number of carboxylic acids is 2. The number of carbonyl (C=O) groups is 3. The van der Waals surface area contributed by atoms with Gasteiger partial charge in [0.25, 0.3) is 0 Å². The van der Waals surface area contributed by atoms with Crippen LogP contribution in [0.25, 0.3) is 0 Å². The number of anilines is 1. The molecule has 1 aliphatic heterocycles. The zero-order valence-corrected chi connectivity index (χ0v) is 26.9. The van der Waals surface area contributed by atoms with Crippen LogP contribution >= 0.6 is 0 Å². The van der Waals surface area contributed by atoms with E-state index in [0.29, 0.717) is 29.8 Å². The first-order valence-corrected chi connectivity index (χ1v) is 14.9. The summed E-state index contributed by atoms with van der Waals surface area (Å²) in [6.45, 7) is 7.19. The minimum absolute atomic E-state index is 0.0382. The Labute approximate surface area is 267 Å². The summed E-state index contributed by atoms with van der Waals surface area (Å²) >= 11 is 0. The molecule has 0 bridgehead atoms. The van der Waals surface area contributed by atoms with Crippen molar-refractivity contribution in [3.63, 3.8) is 0 Å². The van der Waals surface area contributed by atoms with Crippen LogP contribution in [-0.4, -0.2) is 83.5 Å². The molecule has 2 N–H and O–H groups in total. The third-order valence-corrected chi connectivity index (χ3v) is 8.03. The van der Waals surface area contributed by atoms with E-state index in [4.69, 9.17) is 33.8 Å². The summed E-state index contributed by atoms with van der Waals surface area (Å²) in [5.41, 5.74) is 3.07. The maximum Gasteiger partial charge on any atom is 0.414 e. The highest BCUT2D eigenvalue weighted by Crippen LogP contribution is 2.43. The van der Waals surface area contributed by atoms with Crippen LogP contribution in [0.4, 0.5) is 5.69 Å². The van der Waals surface area contributed by atoms with Gasteiger partial charge in [0.15, 0.2) is 17.3 Å². The van der Waals surface area contributed by atoms with E-state index in [1.54, 1.807) is 14.0 Å². The molecule has 244 valence electrons. The van der Waals surface area contributed by atoms with Gasteiger partial charge in [-0.05, 0) is 63.5 Å². The maximum atomic E-state index is 14.8. The molecule has 0 spiro atoms. The van der Waals surface area contributed by atoms with Gasteiger partial charge in [-0.2, -0.15) is 4.98 Å². The smallest absolute Gasteiger partial charge is 0.414 e. The van der Waals surface area contributed by atoms with E-state index in [-0.39, 0.29) is 17.9 Å². The van der Waals surface area contributed by atoms with Gasteiger partial charge < -0.3 is 34.0 Å². The second-order valence-corrected chi connectivity index (χ2v) is 11.6. The molecule has 3 aromatic rings. The number of carbonyl (C=O) groups excluding carboxylic acids is 1. The molecule has 5 rings (SSSR count). The van der Waals surface area contributed by atoms with Crippen LogP contribution in [-0.2, 0) is 26.2 Å². The van der Waals surface area contributed by atoms with Gasteiger partial charge in [0, 0.05) is 31.5 Å². The standard InChI is InChI=1S/C32H38N4O4.C2H2O4/c1-21-9-7-8-10-26(21)24-13-15-32(16-14-24,30-33-23(3)40-34-30)31(37)36-22(2)11-12-25-19-28(38-6)29(20-27(25)36)39-18-17-35(4)5;3-1(4)2(5)6/h7-10,13-16,19-20,22,24H,11-12,17-18H2,1-6H3;(H,3,4)(H,5,6). The summed E-state index contributed by atoms with van der Waals surface area (Å²) in [6.07, 6.45) is 9.69. The predicted molar refractivity (Wildman–Crippen MR) is 170 cm³/mol. The summed E-state index contributed by atoms with van der Waals surface area (Å²) in [5, 5.41) is 19.0. The molecular formula is C34H40N4O8. The number of nitrogens with zero attached hydrogens (tertiary/aromatic N) is 4. The molecule has 1 aromatic heterocycles. The minimum atomic E-state index is -1.82. The number of aromatic nitrogens is 2. The Balaban J connectivity index is 0.000000731. The molecule has 12 heteroatoms. The molecule has 0 saturated carbocycles. The van der Waals surface area contributed by atoms with E-state index in [1.807, 2.05) is 55.4 Å². The number of allylic oxidation sites excluding steroid dienone is 2. The molecule has 1 atom stereocenters. The summed E-state index contributed by atoms with van der Waals surface area (Å²) in [4.78, 5) is 41.4. The first-order chi connectivity index (χ1) is 21.9. The number of carboxylic acid groups (broad SMARTS) is 2. The SMILES string of the molecule is COc1cc2c(cc1OCCN(C)C)N(C(=O)C1(c3noc(C)n3)C=CC(c3ccccc3C)C=C1)C(C)CC2.O=C(O)C(=O)O. The number of likely N-dealkylation sites (N-methyl/N-ethyl adjacent to an activating group) is 1. The number of fused-ring (bicyclic) bond motifs is 1. The van der Waals surface area contributed by atoms with Crippen LogP contribution in [0, 0.1) is 13.8 Å². The van der Waals surface area contributed by atoms with Crippen molar-refractivity contribution in [3.8, 4) is 11.5 Å². The average Bonchev–Trinajstić information content (AvgIpc) is 3.47. The Morgan fingerprint density at radius 2 is 1.74 bits per heavy atom. The van der Waals surface area contributed by atoms with Crippen molar-refractivity contribution in [1.82, 2.24) is 15.0 Å². The third kappa shape index (κ3) is 7.28. The molecule has 1 aliphatic carbocycles. The number of hydrogen-bond acceptors (Lipinski definition) is 9. The maximum absolute atomic E-state index is 14.8. The number of hydrogen-bond donors (Lipinski definition) is 2. The van der Waals surface area contributed by atoms with Crippen molar-refractivity contribution in [2.24, 2.45) is 0 Å². The number of amides is 1. The fraction of sp³-hybridized carbons (Fsp3) is 0.382. The highest BCUT2D eigenvalue weighted by Gasteiger charge is 2.47. The topological polar surface area (TPSA) is 156 Å². The summed E-state index contributed by atoms with van der Waals surface area (Å²) < 4.78 is 17.2. The molecule has 2 aliphatic rings. The predicted octanol–water partition coefficient (Wildman–Crippen LogP) is 4.31. The van der Waals surface area contributed by atoms with Crippen LogP contribution in [0.15, 0.2) is 65.2 Å². The van der Waals surface area contributed by atoms with Crippen LogP contribution in [0.5, 0.6) is 11.5 Å². The Morgan fingerprint density at radius 3 is 2.30 bits per heavy atom. The molecule has 46 heavy (non-hydrogen) atoms. The Kier molecular flexibility index (Phi) is 10.6. The normalized spacial score (nSPS) is 20.0. The lowest BCUT2D eigenvalue weighted by atomic mass is 9.76. The highest BCUT2D eigenvalue weighted by molar-refractivity contribution is 6.27. The number of aliphatic carboxylic acids is 2. The van der Waals surface area contributed by atoms with E-state index in [0.717, 1.165) is 30.6 Å². The van der Waals surface area contributed by atoms with Gasteiger partial charge in [-0.25, -0.2) is 9.59 Å². The number of benzene rings is 2. The second kappa shape index (κ2) is 14.4. The first-order valence-electron chi connectivity index (χ1n) is 14.9. The molecule has 2 heterocycles. The zero-order chi connectivity index (χ0) is 33.6. The van der Waals surface area contributed by atoms with Gasteiger partial charge in [-0.1, -0.05) is 53.7 Å². The first kappa shape index (κ1) is 33.9. The fourth-order valence-corrected chi connectivity index (χ4v) is 5.52. The number of methoxy groups -OCH3 is 1. The van der Waals surface area contributed by atoms with Crippen molar-refractivity contribution >= 4 is 23.5 Å². The van der Waals surface area contributed by atoms with E-state index >= 15 is 0 Å². The molecule has 1 amide bonds. The third-order valence-electron chi connectivity index (χ3n) is 8.03. The fourth-order valence-electron chi connectivity index (χ4n) is 5.52. The molecule has 12 nitrogen and oxygen atoms in total. The molecular weight excluding hydrogens is 592 g/mol. The minimum Gasteiger partial charge on any atom is -0.493 e. The number of rotatable bonds is 8. The summed E-state index contributed by atoms with van der Waals surface area (Å²) in [7, 11) is 5.65. The Hall–Kier alpha value is -4.97. The van der Waals surface area contributed by atoms with Crippen molar-refractivity contribution in [3.05, 3.63) is 89.1 Å². The van der Waals surface area contributed by atoms with Gasteiger partial charge in [0.2, 0.25) is 11.8 Å². The molecule has 1 unspecified atom stereocenters. The second-order valence-electron chi connectivity index (χ2n) is 11.6. The largest absolute Gasteiger partial charge is 0.493 e. The zero-order valence-electron chi connectivity index (χ0n) is 26.9. The number of aryl methyl sites for hydroxylation is 3. The van der Waals surface area contributed by atoms with Crippen LogP contribution < -0.4 is 14.4 Å². The Bertz CT molecular complexity index is 1620. The lowest BCUT2D eigenvalue weighted by Crippen LogP contribution is -2.51. The molecule has 2 aromatic carbocycles. The monoisotopic (exact) mass is 632 g/mol. The van der Waals surface area contributed by atoms with Crippen molar-refractivity contribution in [1.29, 1.82) is 0 Å². The van der Waals surface area contributed by atoms with E-state index in [9.17, 15) is 4.79 Å². The van der Waals surface area contributed by atoms with Crippen LogP contribution in [0.1, 0.15) is 47.7 Å². The molecule has 0 fully saturated rings. The summed E-state index contributed by atoms with van der Waals surface area (Å²) in [6, 6.07) is 12.2. The quantitative estimate of drug-likeness (QED) is 0.270. The van der Waals surface area contributed by atoms with Crippen molar-refractivity contribution < 1.29 is 38.6 Å². The van der Waals surface area contributed by atoms with Gasteiger partial charge in [-0.15, -0.1) is 0 Å². The van der Waals surface area contributed by atoms with Crippen LogP contribution in [0.2, 0.25) is 0 Å². The van der Waals surface area contributed by atoms with E-state index in [1.165, 1.54) is 11.1 Å². The van der Waals surface area contributed by atoms with Crippen LogP contribution in [0.3, 0.4) is 0 Å². The van der Waals surface area contributed by atoms with E-state index in [2.05, 4.69) is 53.2 Å². The van der Waals surface area contributed by atoms with Crippen molar-refractivity contribution in [2.45, 2.75) is 51.0 Å². The highest BCUT2D eigenvalue weighted by atomic mass is 16.5. The lowest BCUT2D eigenvalue weighted by Gasteiger charge is -2.40. The van der Waals surface area contributed by atoms with Crippen molar-refractivity contribution in [2.75, 3.05) is 39.3 Å². The van der Waals surface area contributed by atoms with Gasteiger partial charge in [-0.3, -0.25) is 4.79 Å². The average molecular weight is 633 g/mol. The lowest BCUT2D eigenvalue weighted by molar-refractivity contribution is -0.159. The molecule has 0 radical (unpaired) electrons. The van der Waals surface area contributed by atoms with E-state index < -0.39 is 17.4 Å². The van der Waals surface area contributed by atoms with Gasteiger partial charge in [0.05, 0.1) is 12.8 Å². The summed E-state index contributed by atoms with van der Waals surface area (Å²) in [5.74, 6) is -1.69. The Morgan fingerprint density at radius 1 is 1.07 bits per heavy atom.